The van der Waals surface area contributed by atoms with Crippen molar-refractivity contribution in [3.63, 3.8) is 0 Å². The van der Waals surface area contributed by atoms with Crippen molar-refractivity contribution in [3.05, 3.63) is 206 Å². The van der Waals surface area contributed by atoms with E-state index >= 15 is 0 Å². The van der Waals surface area contributed by atoms with Gasteiger partial charge in [0.2, 0.25) is 0 Å². The van der Waals surface area contributed by atoms with Crippen molar-refractivity contribution in [1.29, 1.82) is 0 Å². The van der Waals surface area contributed by atoms with Gasteiger partial charge in [0, 0.05) is 44.4 Å². The fourth-order valence-corrected chi connectivity index (χ4v) is 8.34. The van der Waals surface area contributed by atoms with Crippen LogP contribution in [0.4, 0.5) is 0 Å². The van der Waals surface area contributed by atoms with Crippen LogP contribution in [0.25, 0.3) is 100 Å². The number of rotatable bonds is 6. The van der Waals surface area contributed by atoms with Crippen molar-refractivity contribution in [2.45, 2.75) is 0 Å². The van der Waals surface area contributed by atoms with Gasteiger partial charge >= 0.3 is 0 Å². The van der Waals surface area contributed by atoms with Gasteiger partial charge in [-0.25, -0.2) is 9.97 Å². The Morgan fingerprint density at radius 2 is 0.786 bits per heavy atom. The summed E-state index contributed by atoms with van der Waals surface area (Å²) in [5.74, 6) is 1.49. The molecular formula is C52H34N4. The van der Waals surface area contributed by atoms with E-state index in [1.165, 1.54) is 43.8 Å². The smallest absolute Gasteiger partial charge is 0.162 e. The van der Waals surface area contributed by atoms with Crippen LogP contribution in [0.5, 0.6) is 0 Å². The highest BCUT2D eigenvalue weighted by Crippen LogP contribution is 2.42. The fourth-order valence-electron chi connectivity index (χ4n) is 8.34. The third-order valence-corrected chi connectivity index (χ3v) is 10.9. The van der Waals surface area contributed by atoms with Crippen molar-refractivity contribution >= 4 is 43.6 Å². The Balaban J connectivity index is 1.15. The average Bonchev–Trinajstić information content (AvgIpc) is 3.80. The minimum atomic E-state index is 0.674. The molecule has 0 amide bonds. The molecule has 0 radical (unpaired) electrons. The van der Waals surface area contributed by atoms with Gasteiger partial charge in [-0.05, 0) is 52.6 Å². The van der Waals surface area contributed by atoms with Crippen LogP contribution in [0.15, 0.2) is 206 Å². The second-order valence-corrected chi connectivity index (χ2v) is 14.2. The molecule has 0 spiro atoms. The highest BCUT2D eigenvalue weighted by atomic mass is 15.1. The molecule has 56 heavy (non-hydrogen) atoms. The van der Waals surface area contributed by atoms with Crippen molar-refractivity contribution in [3.8, 4) is 56.4 Å². The van der Waals surface area contributed by atoms with Gasteiger partial charge in [-0.3, -0.25) is 4.57 Å². The second kappa shape index (κ2) is 13.1. The number of aromatic nitrogens is 4. The minimum absolute atomic E-state index is 0.674. The third-order valence-electron chi connectivity index (χ3n) is 10.9. The van der Waals surface area contributed by atoms with Gasteiger partial charge in [0.15, 0.2) is 5.82 Å². The quantitative estimate of drug-likeness (QED) is 0.172. The van der Waals surface area contributed by atoms with E-state index in [-0.39, 0.29) is 0 Å². The van der Waals surface area contributed by atoms with Crippen LogP contribution in [0, 0.1) is 0 Å². The number of para-hydroxylation sites is 3. The van der Waals surface area contributed by atoms with E-state index in [9.17, 15) is 0 Å². The van der Waals surface area contributed by atoms with Gasteiger partial charge in [-0.15, -0.1) is 0 Å². The van der Waals surface area contributed by atoms with E-state index in [4.69, 9.17) is 9.97 Å². The zero-order valence-corrected chi connectivity index (χ0v) is 30.4. The van der Waals surface area contributed by atoms with Gasteiger partial charge in [0.1, 0.15) is 5.82 Å². The maximum Gasteiger partial charge on any atom is 0.162 e. The molecule has 0 bridgehead atoms. The maximum atomic E-state index is 5.43. The zero-order valence-electron chi connectivity index (χ0n) is 30.4. The van der Waals surface area contributed by atoms with E-state index in [1.807, 2.05) is 6.07 Å². The van der Waals surface area contributed by atoms with Gasteiger partial charge < -0.3 is 4.57 Å². The molecule has 0 aliphatic heterocycles. The lowest BCUT2D eigenvalue weighted by Gasteiger charge is -2.14. The molecule has 0 fully saturated rings. The normalized spacial score (nSPS) is 11.6. The lowest BCUT2D eigenvalue weighted by atomic mass is 9.98. The zero-order chi connectivity index (χ0) is 37.0. The molecule has 3 heterocycles. The molecule has 11 rings (SSSR count). The van der Waals surface area contributed by atoms with Gasteiger partial charge in [0.05, 0.1) is 27.8 Å². The molecule has 0 aliphatic carbocycles. The summed E-state index contributed by atoms with van der Waals surface area (Å²) in [6.07, 6.45) is 0. The Morgan fingerprint density at radius 3 is 1.43 bits per heavy atom. The lowest BCUT2D eigenvalue weighted by Crippen LogP contribution is -2.04. The SMILES string of the molecule is c1ccc(-c2cccc(-c3ccc(-c4nc(-c5ccccc5)cc(-n5c6ccccc6c6ccc7c8ccccc8n(-c8ccccc8)c7c65)n4)cc3)c2)cc1. The van der Waals surface area contributed by atoms with Gasteiger partial charge in [-0.2, -0.15) is 0 Å². The Bertz CT molecular complexity index is 3220. The largest absolute Gasteiger partial charge is 0.307 e. The Labute approximate surface area is 324 Å². The molecule has 262 valence electrons. The van der Waals surface area contributed by atoms with Crippen LogP contribution in [-0.4, -0.2) is 19.1 Å². The number of hydrogen-bond acceptors (Lipinski definition) is 2. The van der Waals surface area contributed by atoms with E-state index in [2.05, 4.69) is 209 Å². The van der Waals surface area contributed by atoms with E-state index < -0.39 is 0 Å². The Hall–Kier alpha value is -7.56. The number of nitrogens with zero attached hydrogens (tertiary/aromatic N) is 4. The molecule has 0 N–H and O–H groups in total. The lowest BCUT2D eigenvalue weighted by molar-refractivity contribution is 1.05. The van der Waals surface area contributed by atoms with Crippen molar-refractivity contribution in [2.75, 3.05) is 0 Å². The monoisotopic (exact) mass is 714 g/mol. The summed E-state index contributed by atoms with van der Waals surface area (Å²) in [4.78, 5) is 10.7. The van der Waals surface area contributed by atoms with E-state index in [0.29, 0.717) is 5.82 Å². The maximum absolute atomic E-state index is 5.43. The first kappa shape index (κ1) is 31.9. The molecule has 0 saturated carbocycles. The van der Waals surface area contributed by atoms with Crippen LogP contribution in [0.2, 0.25) is 0 Å². The minimum Gasteiger partial charge on any atom is -0.307 e. The van der Waals surface area contributed by atoms with E-state index in [1.54, 1.807) is 0 Å². The van der Waals surface area contributed by atoms with Crippen LogP contribution in [0.1, 0.15) is 0 Å². The predicted octanol–water partition coefficient (Wildman–Crippen LogP) is 13.3. The van der Waals surface area contributed by atoms with Crippen molar-refractivity contribution in [2.24, 2.45) is 0 Å². The molecule has 8 aromatic carbocycles. The predicted molar refractivity (Wildman–Crippen MR) is 232 cm³/mol. The Morgan fingerprint density at radius 1 is 0.304 bits per heavy atom. The standard InChI is InChI=1S/C52H34N4/c1-4-15-35(16-5-1)39-19-14-20-40(33-39)36-27-29-38(30-28-36)52-53-46(37-17-6-2-7-18-37)34-49(54-52)56-48-26-13-11-24-43(48)45-32-31-44-42-23-10-12-25-47(42)55(50(44)51(45)56)41-21-8-3-9-22-41/h1-34H. The second-order valence-electron chi connectivity index (χ2n) is 14.2. The number of fused-ring (bicyclic) bond motifs is 7. The first-order chi connectivity index (χ1) is 27.8. The summed E-state index contributed by atoms with van der Waals surface area (Å²) in [6, 6.07) is 73.1. The van der Waals surface area contributed by atoms with Gasteiger partial charge in [-0.1, -0.05) is 170 Å². The van der Waals surface area contributed by atoms with Crippen LogP contribution in [-0.2, 0) is 0 Å². The van der Waals surface area contributed by atoms with Crippen molar-refractivity contribution < 1.29 is 0 Å². The summed E-state index contributed by atoms with van der Waals surface area (Å²) in [5.41, 5.74) is 13.2. The molecule has 0 aliphatic rings. The van der Waals surface area contributed by atoms with Crippen molar-refractivity contribution in [1.82, 2.24) is 19.1 Å². The summed E-state index contributed by atoms with van der Waals surface area (Å²) < 4.78 is 4.76. The molecule has 11 aromatic rings. The van der Waals surface area contributed by atoms with Crippen LogP contribution in [0.3, 0.4) is 0 Å². The number of benzene rings is 8. The highest BCUT2D eigenvalue weighted by molar-refractivity contribution is 6.23. The fraction of sp³-hybridized carbons (Fsp3) is 0. The molecule has 4 nitrogen and oxygen atoms in total. The molecule has 3 aromatic heterocycles. The van der Waals surface area contributed by atoms with Crippen LogP contribution >= 0.6 is 0 Å². The Kier molecular flexibility index (Phi) is 7.46. The first-order valence-corrected chi connectivity index (χ1v) is 19.0. The molecule has 4 heteroatoms. The summed E-state index contributed by atoms with van der Waals surface area (Å²) in [7, 11) is 0. The third kappa shape index (κ3) is 5.23. The average molecular weight is 715 g/mol. The highest BCUT2D eigenvalue weighted by Gasteiger charge is 2.22. The summed E-state index contributed by atoms with van der Waals surface area (Å²) in [5, 5.41) is 4.77. The topological polar surface area (TPSA) is 35.6 Å². The van der Waals surface area contributed by atoms with Gasteiger partial charge in [0.25, 0.3) is 0 Å². The number of hydrogen-bond donors (Lipinski definition) is 0. The summed E-state index contributed by atoms with van der Waals surface area (Å²) >= 11 is 0. The van der Waals surface area contributed by atoms with E-state index in [0.717, 1.165) is 50.4 Å². The molecule has 0 saturated heterocycles. The molecule has 0 unspecified atom stereocenters. The van der Waals surface area contributed by atoms with Crippen LogP contribution < -0.4 is 0 Å². The molecular weight excluding hydrogens is 681 g/mol. The molecule has 0 atom stereocenters. The first-order valence-electron chi connectivity index (χ1n) is 19.0. The summed E-state index contributed by atoms with van der Waals surface area (Å²) in [6.45, 7) is 0.